The van der Waals surface area contributed by atoms with E-state index in [4.69, 9.17) is 9.47 Å². The summed E-state index contributed by atoms with van der Waals surface area (Å²) in [7, 11) is -0.293. The van der Waals surface area contributed by atoms with E-state index in [0.29, 0.717) is 31.9 Å². The highest BCUT2D eigenvalue weighted by Crippen LogP contribution is 2.25. The molecule has 6 nitrogen and oxygen atoms in total. The topological polar surface area (TPSA) is 76.7 Å². The van der Waals surface area contributed by atoms with Crippen LogP contribution in [0.1, 0.15) is 12.0 Å². The van der Waals surface area contributed by atoms with Crippen LogP contribution in [0.3, 0.4) is 0 Å². The van der Waals surface area contributed by atoms with Gasteiger partial charge in [0, 0.05) is 19.2 Å². The number of sulfonamides is 1. The molecule has 0 radical (unpaired) electrons. The monoisotopic (exact) mass is 300 g/mol. The second kappa shape index (κ2) is 6.53. The lowest BCUT2D eigenvalue weighted by atomic mass is 10.2. The van der Waals surface area contributed by atoms with Crippen molar-refractivity contribution in [1.82, 2.24) is 10.0 Å². The molecule has 2 rings (SSSR count). The molecule has 1 aliphatic rings. The fraction of sp³-hybridized carbons (Fsp3) is 0.538. The van der Waals surface area contributed by atoms with Crippen molar-refractivity contribution < 1.29 is 17.9 Å². The zero-order valence-corrected chi connectivity index (χ0v) is 12.5. The number of benzene rings is 1. The van der Waals surface area contributed by atoms with E-state index in [1.54, 1.807) is 18.2 Å². The van der Waals surface area contributed by atoms with Crippen molar-refractivity contribution in [3.05, 3.63) is 23.8 Å². The molecule has 1 aliphatic heterocycles. The summed E-state index contributed by atoms with van der Waals surface area (Å²) < 4.78 is 37.8. The molecule has 0 aromatic heterocycles. The summed E-state index contributed by atoms with van der Waals surface area (Å²) in [6.45, 7) is 1.66. The molecule has 1 atom stereocenters. The summed E-state index contributed by atoms with van der Waals surface area (Å²) in [6, 6.07) is 4.92. The first-order chi connectivity index (χ1) is 9.56. The lowest BCUT2D eigenvalue weighted by molar-refractivity contribution is 0.192. The Labute approximate surface area is 119 Å². The maximum absolute atomic E-state index is 12.4. The molecule has 20 heavy (non-hydrogen) atoms. The van der Waals surface area contributed by atoms with Crippen molar-refractivity contribution in [1.29, 1.82) is 0 Å². The van der Waals surface area contributed by atoms with Gasteiger partial charge in [-0.1, -0.05) is 6.07 Å². The molecule has 1 aromatic carbocycles. The van der Waals surface area contributed by atoms with Gasteiger partial charge in [0.1, 0.15) is 10.6 Å². The molecule has 1 saturated heterocycles. The summed E-state index contributed by atoms with van der Waals surface area (Å²) in [5, 5.41) is 3.02. The Morgan fingerprint density at radius 2 is 2.25 bits per heavy atom. The summed E-state index contributed by atoms with van der Waals surface area (Å²) >= 11 is 0. The minimum absolute atomic E-state index is 0.159. The Balaban J connectivity index is 2.25. The van der Waals surface area contributed by atoms with Crippen LogP contribution < -0.4 is 14.8 Å². The van der Waals surface area contributed by atoms with Crippen LogP contribution in [0.15, 0.2) is 23.1 Å². The minimum Gasteiger partial charge on any atom is -0.495 e. The van der Waals surface area contributed by atoms with E-state index in [9.17, 15) is 8.42 Å². The predicted molar refractivity (Wildman–Crippen MR) is 75.3 cm³/mol. The van der Waals surface area contributed by atoms with Gasteiger partial charge in [0.2, 0.25) is 10.0 Å². The second-order valence-electron chi connectivity index (χ2n) is 4.70. The molecule has 1 fully saturated rings. The van der Waals surface area contributed by atoms with Gasteiger partial charge in [-0.15, -0.1) is 0 Å². The maximum atomic E-state index is 12.4. The molecule has 0 bridgehead atoms. The summed E-state index contributed by atoms with van der Waals surface area (Å²) in [5.41, 5.74) is 0.965. The van der Waals surface area contributed by atoms with Crippen LogP contribution in [-0.4, -0.2) is 41.8 Å². The van der Waals surface area contributed by atoms with Gasteiger partial charge in [0.15, 0.2) is 0 Å². The van der Waals surface area contributed by atoms with Crippen LogP contribution in [-0.2, 0) is 21.3 Å². The smallest absolute Gasteiger partial charge is 0.244 e. The van der Waals surface area contributed by atoms with Gasteiger partial charge in [-0.25, -0.2) is 13.1 Å². The van der Waals surface area contributed by atoms with E-state index in [0.717, 1.165) is 5.56 Å². The first kappa shape index (κ1) is 15.2. The average Bonchev–Trinajstić information content (AvgIpc) is 2.91. The molecule has 7 heteroatoms. The fourth-order valence-corrected chi connectivity index (χ4v) is 3.56. The predicted octanol–water partition coefficient (Wildman–Crippen LogP) is 0.482. The number of ether oxygens (including phenoxy) is 2. The number of nitrogens with one attached hydrogen (secondary N) is 2. The minimum atomic E-state index is -3.59. The number of methoxy groups -OCH3 is 1. The van der Waals surface area contributed by atoms with Crippen LogP contribution in [0.2, 0.25) is 0 Å². The summed E-state index contributed by atoms with van der Waals surface area (Å²) in [4.78, 5) is 0.159. The van der Waals surface area contributed by atoms with Crippen molar-refractivity contribution >= 4 is 10.0 Å². The first-order valence-corrected chi connectivity index (χ1v) is 7.96. The van der Waals surface area contributed by atoms with Crippen LogP contribution in [0.4, 0.5) is 0 Å². The molecule has 1 aromatic rings. The van der Waals surface area contributed by atoms with Gasteiger partial charge in [0.05, 0.1) is 13.7 Å². The van der Waals surface area contributed by atoms with Gasteiger partial charge >= 0.3 is 0 Å². The van der Waals surface area contributed by atoms with Gasteiger partial charge < -0.3 is 14.8 Å². The third kappa shape index (κ3) is 3.49. The van der Waals surface area contributed by atoms with E-state index < -0.39 is 10.0 Å². The van der Waals surface area contributed by atoms with Crippen LogP contribution >= 0.6 is 0 Å². The number of rotatable bonds is 6. The number of hydrogen-bond acceptors (Lipinski definition) is 5. The first-order valence-electron chi connectivity index (χ1n) is 6.48. The van der Waals surface area contributed by atoms with E-state index in [1.807, 2.05) is 7.05 Å². The largest absolute Gasteiger partial charge is 0.495 e. The fourth-order valence-electron chi connectivity index (χ4n) is 2.16. The highest BCUT2D eigenvalue weighted by Gasteiger charge is 2.26. The third-order valence-corrected chi connectivity index (χ3v) is 4.71. The van der Waals surface area contributed by atoms with Crippen molar-refractivity contribution in [3.8, 4) is 5.75 Å². The quantitative estimate of drug-likeness (QED) is 0.799. The van der Waals surface area contributed by atoms with E-state index in [1.165, 1.54) is 7.11 Å². The van der Waals surface area contributed by atoms with Crippen LogP contribution in [0, 0.1) is 0 Å². The standard InChI is InChI=1S/C13H20N2O4S/c1-14-8-10-3-4-13(12(7-10)18-2)20(16,17)15-11-5-6-19-9-11/h3-4,7,11,14-15H,5-6,8-9H2,1-2H3. The van der Waals surface area contributed by atoms with Crippen molar-refractivity contribution in [3.63, 3.8) is 0 Å². The Morgan fingerprint density at radius 3 is 2.85 bits per heavy atom. The molecule has 0 aliphatic carbocycles. The second-order valence-corrected chi connectivity index (χ2v) is 6.38. The van der Waals surface area contributed by atoms with E-state index >= 15 is 0 Å². The van der Waals surface area contributed by atoms with E-state index in [-0.39, 0.29) is 10.9 Å². The molecular formula is C13H20N2O4S. The Kier molecular flexibility index (Phi) is 4.98. The molecule has 0 saturated carbocycles. The molecule has 2 N–H and O–H groups in total. The van der Waals surface area contributed by atoms with Gasteiger partial charge in [-0.2, -0.15) is 0 Å². The summed E-state index contributed by atoms with van der Waals surface area (Å²) in [5.74, 6) is 0.351. The lowest BCUT2D eigenvalue weighted by Crippen LogP contribution is -2.35. The van der Waals surface area contributed by atoms with Gasteiger partial charge in [0.25, 0.3) is 0 Å². The summed E-state index contributed by atoms with van der Waals surface area (Å²) in [6.07, 6.45) is 0.694. The molecule has 1 heterocycles. The van der Waals surface area contributed by atoms with Crippen molar-refractivity contribution in [2.75, 3.05) is 27.4 Å². The molecular weight excluding hydrogens is 280 g/mol. The zero-order chi connectivity index (χ0) is 14.6. The molecule has 0 spiro atoms. The number of hydrogen-bond donors (Lipinski definition) is 2. The Bertz CT molecular complexity index is 553. The Morgan fingerprint density at radius 1 is 1.45 bits per heavy atom. The van der Waals surface area contributed by atoms with E-state index in [2.05, 4.69) is 10.0 Å². The zero-order valence-electron chi connectivity index (χ0n) is 11.7. The highest BCUT2D eigenvalue weighted by molar-refractivity contribution is 7.89. The Hall–Kier alpha value is -1.15. The van der Waals surface area contributed by atoms with Gasteiger partial charge in [-0.05, 0) is 31.2 Å². The van der Waals surface area contributed by atoms with Crippen molar-refractivity contribution in [2.24, 2.45) is 0 Å². The average molecular weight is 300 g/mol. The SMILES string of the molecule is CNCc1ccc(S(=O)(=O)NC2CCOC2)c(OC)c1. The molecule has 1 unspecified atom stereocenters. The normalized spacial score (nSPS) is 19.2. The van der Waals surface area contributed by atoms with Crippen LogP contribution in [0.5, 0.6) is 5.75 Å². The van der Waals surface area contributed by atoms with Crippen molar-refractivity contribution in [2.45, 2.75) is 23.9 Å². The third-order valence-electron chi connectivity index (χ3n) is 3.15. The molecule has 0 amide bonds. The van der Waals surface area contributed by atoms with Gasteiger partial charge in [-0.3, -0.25) is 0 Å². The lowest BCUT2D eigenvalue weighted by Gasteiger charge is -2.15. The highest BCUT2D eigenvalue weighted by atomic mass is 32.2. The maximum Gasteiger partial charge on any atom is 0.244 e. The van der Waals surface area contributed by atoms with Crippen LogP contribution in [0.25, 0.3) is 0 Å². The molecule has 112 valence electrons.